The van der Waals surface area contributed by atoms with Gasteiger partial charge in [0, 0.05) is 5.69 Å². The molecule has 0 heterocycles. The Bertz CT molecular complexity index is 419. The van der Waals surface area contributed by atoms with Gasteiger partial charge in [-0.2, -0.15) is 0 Å². The Hall–Kier alpha value is -0.700. The third kappa shape index (κ3) is 3.41. The van der Waals surface area contributed by atoms with Crippen molar-refractivity contribution in [1.82, 2.24) is 0 Å². The minimum absolute atomic E-state index is 0.707. The Morgan fingerprint density at radius 2 is 2.17 bits per heavy atom. The maximum atomic E-state index is 5.96. The summed E-state index contributed by atoms with van der Waals surface area (Å²) in [5.41, 5.74) is 7.74. The second-order valence-electron chi connectivity index (χ2n) is 5.59. The van der Waals surface area contributed by atoms with Gasteiger partial charge in [0.05, 0.1) is 11.1 Å². The highest BCUT2D eigenvalue weighted by Crippen LogP contribution is 2.32. The number of nitrogens with two attached hydrogens (primary N) is 1. The van der Waals surface area contributed by atoms with E-state index in [0.717, 1.165) is 34.0 Å². The van der Waals surface area contributed by atoms with E-state index in [2.05, 4.69) is 22.9 Å². The fourth-order valence-corrected chi connectivity index (χ4v) is 3.18. The SMILES string of the molecule is Cc1cc(OCC2CCCC(C)C2)c(Br)cc1N. The first-order chi connectivity index (χ1) is 8.56. The maximum absolute atomic E-state index is 5.96. The fourth-order valence-electron chi connectivity index (χ4n) is 2.70. The fraction of sp³-hybridized carbons (Fsp3) is 0.600. The van der Waals surface area contributed by atoms with Gasteiger partial charge in [0.1, 0.15) is 5.75 Å². The summed E-state index contributed by atoms with van der Waals surface area (Å²) in [6.45, 7) is 5.18. The van der Waals surface area contributed by atoms with E-state index in [4.69, 9.17) is 10.5 Å². The third-order valence-corrected chi connectivity index (χ3v) is 4.46. The zero-order valence-corrected chi connectivity index (χ0v) is 12.8. The lowest BCUT2D eigenvalue weighted by Gasteiger charge is -2.26. The summed E-state index contributed by atoms with van der Waals surface area (Å²) in [6, 6.07) is 3.94. The van der Waals surface area contributed by atoms with Crippen molar-refractivity contribution in [2.24, 2.45) is 11.8 Å². The third-order valence-electron chi connectivity index (χ3n) is 3.84. The van der Waals surface area contributed by atoms with Crippen LogP contribution in [-0.2, 0) is 0 Å². The predicted molar refractivity (Wildman–Crippen MR) is 79.9 cm³/mol. The number of aryl methyl sites for hydroxylation is 1. The van der Waals surface area contributed by atoms with Gasteiger partial charge in [-0.15, -0.1) is 0 Å². The molecular weight excluding hydrogens is 290 g/mol. The second kappa shape index (κ2) is 5.96. The molecule has 18 heavy (non-hydrogen) atoms. The zero-order chi connectivity index (χ0) is 13.1. The summed E-state index contributed by atoms with van der Waals surface area (Å²) in [5, 5.41) is 0. The topological polar surface area (TPSA) is 35.2 Å². The molecule has 0 amide bonds. The van der Waals surface area contributed by atoms with Gasteiger partial charge in [-0.25, -0.2) is 0 Å². The van der Waals surface area contributed by atoms with Crippen molar-refractivity contribution >= 4 is 21.6 Å². The van der Waals surface area contributed by atoms with Gasteiger partial charge in [0.2, 0.25) is 0 Å². The molecule has 100 valence electrons. The Balaban J connectivity index is 1.95. The van der Waals surface area contributed by atoms with Crippen LogP contribution in [0.1, 0.15) is 38.2 Å². The molecule has 0 aliphatic heterocycles. The van der Waals surface area contributed by atoms with Crippen molar-refractivity contribution in [2.45, 2.75) is 39.5 Å². The average Bonchev–Trinajstić information content (AvgIpc) is 2.32. The van der Waals surface area contributed by atoms with Crippen LogP contribution in [0.5, 0.6) is 5.75 Å². The number of rotatable bonds is 3. The van der Waals surface area contributed by atoms with E-state index in [1.807, 2.05) is 19.1 Å². The average molecular weight is 312 g/mol. The summed E-state index contributed by atoms with van der Waals surface area (Å²) in [4.78, 5) is 0. The van der Waals surface area contributed by atoms with E-state index in [0.29, 0.717) is 5.92 Å². The number of anilines is 1. The number of halogens is 1. The van der Waals surface area contributed by atoms with Gasteiger partial charge in [-0.3, -0.25) is 0 Å². The van der Waals surface area contributed by atoms with Gasteiger partial charge >= 0.3 is 0 Å². The van der Waals surface area contributed by atoms with Crippen LogP contribution < -0.4 is 10.5 Å². The molecule has 1 saturated carbocycles. The van der Waals surface area contributed by atoms with E-state index in [1.54, 1.807) is 0 Å². The van der Waals surface area contributed by atoms with Crippen LogP contribution in [0.3, 0.4) is 0 Å². The lowest BCUT2D eigenvalue weighted by molar-refractivity contribution is 0.181. The molecule has 1 aliphatic carbocycles. The van der Waals surface area contributed by atoms with Crippen LogP contribution in [0, 0.1) is 18.8 Å². The second-order valence-corrected chi connectivity index (χ2v) is 6.44. The normalized spacial score (nSPS) is 23.9. The lowest BCUT2D eigenvalue weighted by Crippen LogP contribution is -2.19. The zero-order valence-electron chi connectivity index (χ0n) is 11.2. The Kier molecular flexibility index (Phi) is 4.55. The smallest absolute Gasteiger partial charge is 0.133 e. The van der Waals surface area contributed by atoms with Crippen LogP contribution in [0.4, 0.5) is 5.69 Å². The molecule has 0 spiro atoms. The van der Waals surface area contributed by atoms with Crippen molar-refractivity contribution < 1.29 is 4.74 Å². The quantitative estimate of drug-likeness (QED) is 0.831. The van der Waals surface area contributed by atoms with Crippen LogP contribution in [-0.4, -0.2) is 6.61 Å². The molecule has 2 rings (SSSR count). The molecule has 0 radical (unpaired) electrons. The van der Waals surface area contributed by atoms with Gasteiger partial charge in [-0.1, -0.05) is 19.8 Å². The highest BCUT2D eigenvalue weighted by Gasteiger charge is 2.19. The summed E-state index contributed by atoms with van der Waals surface area (Å²) in [6.07, 6.45) is 5.32. The molecule has 1 aromatic carbocycles. The predicted octanol–water partition coefficient (Wildman–Crippen LogP) is 4.54. The van der Waals surface area contributed by atoms with Gasteiger partial charge in [-0.05, 0) is 65.2 Å². The van der Waals surface area contributed by atoms with E-state index >= 15 is 0 Å². The van der Waals surface area contributed by atoms with Crippen molar-refractivity contribution in [3.8, 4) is 5.75 Å². The monoisotopic (exact) mass is 311 g/mol. The van der Waals surface area contributed by atoms with E-state index in [1.165, 1.54) is 25.7 Å². The molecule has 0 aromatic heterocycles. The molecule has 0 bridgehead atoms. The minimum Gasteiger partial charge on any atom is -0.492 e. The Labute approximate surface area is 118 Å². The van der Waals surface area contributed by atoms with Gasteiger partial charge in [0.15, 0.2) is 0 Å². The molecule has 2 atom stereocenters. The maximum Gasteiger partial charge on any atom is 0.133 e. The molecule has 2 N–H and O–H groups in total. The molecule has 1 fully saturated rings. The first-order valence-corrected chi connectivity index (χ1v) is 7.54. The Morgan fingerprint density at radius 1 is 1.39 bits per heavy atom. The molecule has 0 saturated heterocycles. The van der Waals surface area contributed by atoms with Crippen LogP contribution in [0.25, 0.3) is 0 Å². The van der Waals surface area contributed by atoms with Gasteiger partial charge < -0.3 is 10.5 Å². The molecule has 2 unspecified atom stereocenters. The largest absolute Gasteiger partial charge is 0.492 e. The first-order valence-electron chi connectivity index (χ1n) is 6.74. The first kappa shape index (κ1) is 13.7. The van der Waals surface area contributed by atoms with Crippen LogP contribution in [0.15, 0.2) is 16.6 Å². The van der Waals surface area contributed by atoms with E-state index in [-0.39, 0.29) is 0 Å². The summed E-state index contributed by atoms with van der Waals surface area (Å²) in [7, 11) is 0. The summed E-state index contributed by atoms with van der Waals surface area (Å²) >= 11 is 3.51. The number of nitrogen functional groups attached to an aromatic ring is 1. The molecular formula is C15H22BrNO. The van der Waals surface area contributed by atoms with Crippen molar-refractivity contribution in [3.63, 3.8) is 0 Å². The van der Waals surface area contributed by atoms with Gasteiger partial charge in [0.25, 0.3) is 0 Å². The minimum atomic E-state index is 0.707. The van der Waals surface area contributed by atoms with E-state index in [9.17, 15) is 0 Å². The molecule has 3 heteroatoms. The number of benzene rings is 1. The van der Waals surface area contributed by atoms with Crippen molar-refractivity contribution in [3.05, 3.63) is 22.2 Å². The molecule has 1 aromatic rings. The highest BCUT2D eigenvalue weighted by molar-refractivity contribution is 9.10. The van der Waals surface area contributed by atoms with E-state index < -0.39 is 0 Å². The summed E-state index contributed by atoms with van der Waals surface area (Å²) in [5.74, 6) is 2.47. The molecule has 2 nitrogen and oxygen atoms in total. The number of ether oxygens (including phenoxy) is 1. The molecule has 1 aliphatic rings. The number of hydrogen-bond donors (Lipinski definition) is 1. The highest BCUT2D eigenvalue weighted by atomic mass is 79.9. The summed E-state index contributed by atoms with van der Waals surface area (Å²) < 4.78 is 6.91. The Morgan fingerprint density at radius 3 is 2.89 bits per heavy atom. The standard InChI is InChI=1S/C15H22BrNO/c1-10-4-3-5-12(6-10)9-18-15-7-11(2)14(17)8-13(15)16/h7-8,10,12H,3-6,9,17H2,1-2H3. The van der Waals surface area contributed by atoms with Crippen LogP contribution in [0.2, 0.25) is 0 Å². The van der Waals surface area contributed by atoms with Crippen molar-refractivity contribution in [2.75, 3.05) is 12.3 Å². The van der Waals surface area contributed by atoms with Crippen LogP contribution >= 0.6 is 15.9 Å². The number of hydrogen-bond acceptors (Lipinski definition) is 2. The van der Waals surface area contributed by atoms with Crippen molar-refractivity contribution in [1.29, 1.82) is 0 Å². The lowest BCUT2D eigenvalue weighted by atomic mass is 9.83.